The van der Waals surface area contributed by atoms with Gasteiger partial charge in [0.2, 0.25) is 5.91 Å². The summed E-state index contributed by atoms with van der Waals surface area (Å²) in [6, 6.07) is 0.309. The summed E-state index contributed by atoms with van der Waals surface area (Å²) < 4.78 is 0. The zero-order valence-electron chi connectivity index (χ0n) is 14.0. The Labute approximate surface area is 128 Å². The largest absolute Gasteiger partial charge is 0.393 e. The van der Waals surface area contributed by atoms with E-state index in [0.29, 0.717) is 6.04 Å². The monoisotopic (exact) mass is 298 g/mol. The summed E-state index contributed by atoms with van der Waals surface area (Å²) in [4.78, 5) is 19.9. The van der Waals surface area contributed by atoms with Crippen LogP contribution in [0.1, 0.15) is 33.6 Å². The average molecular weight is 298 g/mol. The van der Waals surface area contributed by atoms with Gasteiger partial charge in [0.25, 0.3) is 0 Å². The molecule has 1 amide bonds. The first-order chi connectivity index (χ1) is 9.85. The van der Waals surface area contributed by atoms with Gasteiger partial charge in [0.15, 0.2) is 5.96 Å². The minimum atomic E-state index is -0.303. The van der Waals surface area contributed by atoms with Gasteiger partial charge in [-0.05, 0) is 26.7 Å². The number of likely N-dealkylation sites (N-methyl/N-ethyl adjacent to an activating group) is 1. The van der Waals surface area contributed by atoms with Crippen molar-refractivity contribution in [3.8, 4) is 0 Å². The highest BCUT2D eigenvalue weighted by Gasteiger charge is 2.28. The molecule has 1 saturated heterocycles. The number of likely N-dealkylation sites (tertiary alicyclic amines) is 1. The maximum absolute atomic E-state index is 11.7. The van der Waals surface area contributed by atoms with Gasteiger partial charge >= 0.3 is 0 Å². The van der Waals surface area contributed by atoms with Crippen molar-refractivity contribution in [1.82, 2.24) is 15.1 Å². The van der Waals surface area contributed by atoms with Crippen molar-refractivity contribution in [2.45, 2.75) is 45.8 Å². The van der Waals surface area contributed by atoms with Gasteiger partial charge in [-0.1, -0.05) is 6.92 Å². The summed E-state index contributed by atoms with van der Waals surface area (Å²) in [5.41, 5.74) is 0. The lowest BCUT2D eigenvalue weighted by molar-refractivity contribution is -0.127. The number of hydrogen-bond acceptors (Lipinski definition) is 3. The number of amides is 1. The van der Waals surface area contributed by atoms with E-state index in [1.165, 1.54) is 0 Å². The molecule has 21 heavy (non-hydrogen) atoms. The van der Waals surface area contributed by atoms with E-state index in [9.17, 15) is 9.90 Å². The quantitative estimate of drug-likeness (QED) is 0.574. The predicted molar refractivity (Wildman–Crippen MR) is 85.2 cm³/mol. The number of aliphatic hydroxyl groups is 1. The predicted octanol–water partition coefficient (Wildman–Crippen LogP) is 0.521. The number of aliphatic hydroxyl groups excluding tert-OH is 1. The second kappa shape index (κ2) is 8.22. The minimum Gasteiger partial charge on any atom is -0.393 e. The first-order valence-electron chi connectivity index (χ1n) is 7.79. The van der Waals surface area contributed by atoms with Crippen molar-refractivity contribution in [3.05, 3.63) is 0 Å². The summed E-state index contributed by atoms with van der Waals surface area (Å²) in [5, 5.41) is 13.1. The van der Waals surface area contributed by atoms with Gasteiger partial charge in [-0.2, -0.15) is 0 Å². The SMILES string of the molecule is CCC(C)NC(=NCC(=O)N(C)C)N1CCC(C(C)O)C1. The fourth-order valence-electron chi connectivity index (χ4n) is 2.22. The highest BCUT2D eigenvalue weighted by atomic mass is 16.3. The Bertz CT molecular complexity index is 369. The van der Waals surface area contributed by atoms with Crippen LogP contribution in [0.25, 0.3) is 0 Å². The molecule has 6 heteroatoms. The lowest BCUT2D eigenvalue weighted by atomic mass is 10.0. The van der Waals surface area contributed by atoms with E-state index in [4.69, 9.17) is 0 Å². The molecule has 1 rings (SSSR count). The van der Waals surface area contributed by atoms with E-state index in [1.807, 2.05) is 6.92 Å². The zero-order valence-corrected chi connectivity index (χ0v) is 14.0. The molecule has 3 unspecified atom stereocenters. The molecule has 3 atom stereocenters. The fourth-order valence-corrected chi connectivity index (χ4v) is 2.22. The Morgan fingerprint density at radius 2 is 2.14 bits per heavy atom. The van der Waals surface area contributed by atoms with Crippen LogP contribution in [0.4, 0.5) is 0 Å². The van der Waals surface area contributed by atoms with Gasteiger partial charge in [0.05, 0.1) is 6.10 Å². The summed E-state index contributed by atoms with van der Waals surface area (Å²) in [6.07, 6.45) is 1.65. The minimum absolute atomic E-state index is 0.00951. The Morgan fingerprint density at radius 1 is 1.48 bits per heavy atom. The number of rotatable bonds is 5. The summed E-state index contributed by atoms with van der Waals surface area (Å²) >= 11 is 0. The smallest absolute Gasteiger partial charge is 0.243 e. The molecule has 0 aromatic heterocycles. The van der Waals surface area contributed by atoms with Crippen molar-refractivity contribution in [3.63, 3.8) is 0 Å². The van der Waals surface area contributed by atoms with Crippen LogP contribution in [0.5, 0.6) is 0 Å². The molecule has 6 nitrogen and oxygen atoms in total. The van der Waals surface area contributed by atoms with Crippen molar-refractivity contribution in [1.29, 1.82) is 0 Å². The van der Waals surface area contributed by atoms with Gasteiger partial charge in [-0.15, -0.1) is 0 Å². The van der Waals surface area contributed by atoms with Crippen molar-refractivity contribution >= 4 is 11.9 Å². The normalized spacial score (nSPS) is 22.1. The first-order valence-corrected chi connectivity index (χ1v) is 7.79. The molecule has 0 bridgehead atoms. The molecule has 1 aliphatic rings. The Hall–Kier alpha value is -1.30. The molecule has 0 spiro atoms. The van der Waals surface area contributed by atoms with Crippen LogP contribution >= 0.6 is 0 Å². The number of nitrogens with zero attached hydrogens (tertiary/aromatic N) is 3. The number of guanidine groups is 1. The molecule has 122 valence electrons. The summed E-state index contributed by atoms with van der Waals surface area (Å²) in [6.45, 7) is 7.86. The summed E-state index contributed by atoms with van der Waals surface area (Å²) in [7, 11) is 3.47. The molecular weight excluding hydrogens is 268 g/mol. The van der Waals surface area contributed by atoms with Gasteiger partial charge in [0.1, 0.15) is 6.54 Å². The molecule has 0 aliphatic carbocycles. The molecular formula is C15H30N4O2. The molecule has 0 aromatic rings. The number of hydrogen-bond donors (Lipinski definition) is 2. The van der Waals surface area contributed by atoms with E-state index in [1.54, 1.807) is 19.0 Å². The standard InChI is InChI=1S/C15H30N4O2/c1-6-11(2)17-15(16-9-14(21)18(4)5)19-8-7-13(10-19)12(3)20/h11-13,20H,6-10H2,1-5H3,(H,16,17). The van der Waals surface area contributed by atoms with Crippen LogP contribution < -0.4 is 5.32 Å². The van der Waals surface area contributed by atoms with Crippen molar-refractivity contribution in [2.75, 3.05) is 33.7 Å². The molecule has 1 aliphatic heterocycles. The van der Waals surface area contributed by atoms with Crippen LogP contribution in [-0.4, -0.2) is 72.6 Å². The van der Waals surface area contributed by atoms with Crippen molar-refractivity contribution < 1.29 is 9.90 Å². The summed E-state index contributed by atoms with van der Waals surface area (Å²) in [5.74, 6) is 1.05. The van der Waals surface area contributed by atoms with Crippen LogP contribution in [0.3, 0.4) is 0 Å². The highest BCUT2D eigenvalue weighted by molar-refractivity contribution is 5.85. The lowest BCUT2D eigenvalue weighted by Crippen LogP contribution is -2.45. The number of carbonyl (C=O) groups is 1. The topological polar surface area (TPSA) is 68.2 Å². The maximum Gasteiger partial charge on any atom is 0.243 e. The van der Waals surface area contributed by atoms with Gasteiger partial charge in [-0.3, -0.25) is 4.79 Å². The molecule has 1 heterocycles. The lowest BCUT2D eigenvalue weighted by Gasteiger charge is -2.25. The number of carbonyl (C=O) groups excluding carboxylic acids is 1. The Kier molecular flexibility index (Phi) is 6.95. The molecule has 0 aromatic carbocycles. The Morgan fingerprint density at radius 3 is 2.62 bits per heavy atom. The van der Waals surface area contributed by atoms with E-state index in [2.05, 4.69) is 29.1 Å². The maximum atomic E-state index is 11.7. The first kappa shape index (κ1) is 17.8. The van der Waals surface area contributed by atoms with E-state index < -0.39 is 0 Å². The van der Waals surface area contributed by atoms with Crippen LogP contribution in [0, 0.1) is 5.92 Å². The van der Waals surface area contributed by atoms with Gasteiger partial charge in [-0.25, -0.2) is 4.99 Å². The van der Waals surface area contributed by atoms with Crippen LogP contribution in [0.15, 0.2) is 4.99 Å². The van der Waals surface area contributed by atoms with Gasteiger partial charge in [0, 0.05) is 39.1 Å². The van der Waals surface area contributed by atoms with Crippen LogP contribution in [0.2, 0.25) is 0 Å². The van der Waals surface area contributed by atoms with E-state index in [-0.39, 0.29) is 24.5 Å². The molecule has 1 fully saturated rings. The second-order valence-corrected chi connectivity index (χ2v) is 6.12. The number of nitrogens with one attached hydrogen (secondary N) is 1. The zero-order chi connectivity index (χ0) is 16.0. The van der Waals surface area contributed by atoms with Crippen LogP contribution in [-0.2, 0) is 4.79 Å². The Balaban J connectivity index is 2.73. The fraction of sp³-hybridized carbons (Fsp3) is 0.867. The second-order valence-electron chi connectivity index (χ2n) is 6.12. The third kappa shape index (κ3) is 5.53. The molecule has 0 saturated carbocycles. The highest BCUT2D eigenvalue weighted by Crippen LogP contribution is 2.19. The third-order valence-corrected chi connectivity index (χ3v) is 4.06. The average Bonchev–Trinajstić information content (AvgIpc) is 2.92. The number of aliphatic imine (C=N–C) groups is 1. The molecule has 2 N–H and O–H groups in total. The van der Waals surface area contributed by atoms with Crippen molar-refractivity contribution in [2.24, 2.45) is 10.9 Å². The van der Waals surface area contributed by atoms with E-state index in [0.717, 1.165) is 31.9 Å². The van der Waals surface area contributed by atoms with Gasteiger partial charge < -0.3 is 20.2 Å². The molecule has 0 radical (unpaired) electrons. The third-order valence-electron chi connectivity index (χ3n) is 4.06. The van der Waals surface area contributed by atoms with E-state index >= 15 is 0 Å².